The maximum absolute atomic E-state index is 13.2. The number of nitrogens with zero attached hydrogens (tertiary/aromatic N) is 2. The van der Waals surface area contributed by atoms with E-state index in [-0.39, 0.29) is 28.8 Å². The Kier molecular flexibility index (Phi) is 10.1. The van der Waals surface area contributed by atoms with Gasteiger partial charge in [-0.05, 0) is 92.1 Å². The lowest BCUT2D eigenvalue weighted by Gasteiger charge is -2.38. The summed E-state index contributed by atoms with van der Waals surface area (Å²) in [7, 11) is 1.59. The van der Waals surface area contributed by atoms with Crippen molar-refractivity contribution in [1.82, 2.24) is 9.88 Å². The van der Waals surface area contributed by atoms with Gasteiger partial charge in [0.25, 0.3) is 0 Å². The molecule has 6 nitrogen and oxygen atoms in total. The normalized spacial score (nSPS) is 18.5. The SMILES string of the molecule is COc1ccc2nccc([C@H](O)CC[C@@H]3CCN(CC#Cc4ccc(Cl)c(C(F)(F)F)c4)C[C@H]3CCC(=O)O)c2c1. The van der Waals surface area contributed by atoms with E-state index in [0.29, 0.717) is 31.7 Å². The van der Waals surface area contributed by atoms with Crippen LogP contribution in [0.2, 0.25) is 5.02 Å². The van der Waals surface area contributed by atoms with Gasteiger partial charge in [0.05, 0.1) is 35.9 Å². The van der Waals surface area contributed by atoms with Gasteiger partial charge in [0.15, 0.2) is 0 Å². The molecular formula is C31H32ClF3N2O4. The fourth-order valence-electron chi connectivity index (χ4n) is 5.48. The highest BCUT2D eigenvalue weighted by Crippen LogP contribution is 2.36. The number of rotatable bonds is 9. The molecule has 0 spiro atoms. The van der Waals surface area contributed by atoms with Gasteiger partial charge in [0, 0.05) is 30.1 Å². The molecule has 0 bridgehead atoms. The van der Waals surface area contributed by atoms with Crippen molar-refractivity contribution < 1.29 is 32.9 Å². The predicted molar refractivity (Wildman–Crippen MR) is 151 cm³/mol. The molecule has 0 radical (unpaired) electrons. The Morgan fingerprint density at radius 3 is 2.73 bits per heavy atom. The molecule has 3 atom stereocenters. The number of hydrogen-bond donors (Lipinski definition) is 2. The minimum absolute atomic E-state index is 0.0447. The van der Waals surface area contributed by atoms with Gasteiger partial charge in [-0.15, -0.1) is 0 Å². The highest BCUT2D eigenvalue weighted by Gasteiger charge is 2.33. The van der Waals surface area contributed by atoms with E-state index in [1.54, 1.807) is 13.3 Å². The first-order valence-corrected chi connectivity index (χ1v) is 13.8. The third-order valence-electron chi connectivity index (χ3n) is 7.66. The fraction of sp³-hybridized carbons (Fsp3) is 0.419. The molecule has 2 N–H and O–H groups in total. The molecule has 0 saturated carbocycles. The Balaban J connectivity index is 1.40. The molecule has 2 heterocycles. The molecule has 3 aromatic rings. The minimum Gasteiger partial charge on any atom is -0.497 e. The van der Waals surface area contributed by atoms with Crippen molar-refractivity contribution in [3.63, 3.8) is 0 Å². The topological polar surface area (TPSA) is 82.9 Å². The number of likely N-dealkylation sites (tertiary alicyclic amines) is 1. The van der Waals surface area contributed by atoms with E-state index in [1.807, 2.05) is 24.3 Å². The van der Waals surface area contributed by atoms with E-state index >= 15 is 0 Å². The number of fused-ring (bicyclic) bond motifs is 1. The van der Waals surface area contributed by atoms with Crippen LogP contribution in [0, 0.1) is 23.7 Å². The van der Waals surface area contributed by atoms with Gasteiger partial charge in [-0.25, -0.2) is 0 Å². The third kappa shape index (κ3) is 8.13. The second kappa shape index (κ2) is 13.6. The molecule has 1 saturated heterocycles. The molecule has 0 aliphatic carbocycles. The summed E-state index contributed by atoms with van der Waals surface area (Å²) in [5, 5.41) is 20.9. The molecule has 4 rings (SSSR count). The van der Waals surface area contributed by atoms with Crippen molar-refractivity contribution in [3.05, 3.63) is 70.4 Å². The number of aliphatic carboxylic acids is 1. The van der Waals surface area contributed by atoms with Crippen LogP contribution in [0.1, 0.15) is 54.9 Å². The molecule has 41 heavy (non-hydrogen) atoms. The quantitative estimate of drug-likeness (QED) is 0.275. The summed E-state index contributed by atoms with van der Waals surface area (Å²) in [5.74, 6) is 5.90. The molecule has 218 valence electrons. The Hall–Kier alpha value is -3.32. The largest absolute Gasteiger partial charge is 0.497 e. The van der Waals surface area contributed by atoms with Crippen molar-refractivity contribution in [2.24, 2.45) is 11.8 Å². The summed E-state index contributed by atoms with van der Waals surface area (Å²) in [6.07, 6.45) is -0.993. The van der Waals surface area contributed by atoms with Crippen molar-refractivity contribution in [2.75, 3.05) is 26.7 Å². The number of aliphatic hydroxyl groups excluding tert-OH is 1. The van der Waals surface area contributed by atoms with Crippen LogP contribution in [-0.4, -0.2) is 52.8 Å². The maximum Gasteiger partial charge on any atom is 0.417 e. The number of aliphatic hydroxyl groups is 1. The van der Waals surface area contributed by atoms with Gasteiger partial charge in [-0.2, -0.15) is 13.2 Å². The second-order valence-electron chi connectivity index (χ2n) is 10.3. The van der Waals surface area contributed by atoms with Crippen molar-refractivity contribution in [2.45, 2.75) is 44.4 Å². The van der Waals surface area contributed by atoms with E-state index in [1.165, 1.54) is 12.1 Å². The number of aromatic nitrogens is 1. The summed E-state index contributed by atoms with van der Waals surface area (Å²) in [4.78, 5) is 17.8. The van der Waals surface area contributed by atoms with E-state index < -0.39 is 23.8 Å². The highest BCUT2D eigenvalue weighted by molar-refractivity contribution is 6.31. The lowest BCUT2D eigenvalue weighted by atomic mass is 9.79. The molecule has 1 aromatic heterocycles. The number of carboxylic acid groups (broad SMARTS) is 1. The molecule has 0 unspecified atom stereocenters. The minimum atomic E-state index is -4.56. The molecule has 2 aromatic carbocycles. The van der Waals surface area contributed by atoms with Crippen LogP contribution in [0.25, 0.3) is 10.9 Å². The number of carboxylic acids is 1. The van der Waals surface area contributed by atoms with Gasteiger partial charge < -0.3 is 14.9 Å². The number of carbonyl (C=O) groups is 1. The van der Waals surface area contributed by atoms with Gasteiger partial charge >= 0.3 is 12.1 Å². The number of halogens is 4. The van der Waals surface area contributed by atoms with Crippen molar-refractivity contribution in [3.8, 4) is 17.6 Å². The number of benzene rings is 2. The number of pyridine rings is 1. The maximum atomic E-state index is 13.2. The van der Waals surface area contributed by atoms with Crippen LogP contribution in [0.15, 0.2) is 48.7 Å². The number of methoxy groups -OCH3 is 1. The van der Waals surface area contributed by atoms with E-state index in [4.69, 9.17) is 16.3 Å². The van der Waals surface area contributed by atoms with Crippen LogP contribution in [-0.2, 0) is 11.0 Å². The summed E-state index contributed by atoms with van der Waals surface area (Å²) in [6, 6.07) is 11.0. The standard InChI is InChI=1S/C31H32ClF3N2O4/c1-41-23-7-9-28-25(18-23)24(12-14-36-28)29(38)10-5-21-13-16-37(19-22(21)6-11-30(39)40)15-2-3-20-4-8-27(32)26(17-20)31(33,34)35/h4,7-9,12,14,17-18,21-22,29,38H,5-6,10-11,13,15-16,19H2,1H3,(H,39,40)/t21-,22-,29-/m1/s1. The Labute approximate surface area is 242 Å². The van der Waals surface area contributed by atoms with Gasteiger partial charge in [-0.3, -0.25) is 14.7 Å². The number of hydrogen-bond acceptors (Lipinski definition) is 5. The number of piperidine rings is 1. The van der Waals surface area contributed by atoms with Crippen molar-refractivity contribution >= 4 is 28.5 Å². The van der Waals surface area contributed by atoms with Crippen LogP contribution >= 0.6 is 11.6 Å². The first kappa shape index (κ1) is 30.6. The Morgan fingerprint density at radius 1 is 1.20 bits per heavy atom. The summed E-state index contributed by atoms with van der Waals surface area (Å²) < 4.78 is 44.8. The molecule has 0 amide bonds. The molecule has 1 fully saturated rings. The summed E-state index contributed by atoms with van der Waals surface area (Å²) in [5.41, 5.74) is 0.861. The van der Waals surface area contributed by atoms with Gasteiger partial charge in [-0.1, -0.05) is 23.4 Å². The first-order chi connectivity index (χ1) is 19.5. The summed E-state index contributed by atoms with van der Waals surface area (Å²) >= 11 is 5.69. The smallest absolute Gasteiger partial charge is 0.417 e. The van der Waals surface area contributed by atoms with E-state index in [2.05, 4.69) is 21.7 Å². The van der Waals surface area contributed by atoms with Gasteiger partial charge in [0.1, 0.15) is 5.75 Å². The molecular weight excluding hydrogens is 557 g/mol. The van der Waals surface area contributed by atoms with Gasteiger partial charge in [0.2, 0.25) is 0 Å². The zero-order chi connectivity index (χ0) is 29.6. The highest BCUT2D eigenvalue weighted by atomic mass is 35.5. The van der Waals surface area contributed by atoms with Crippen LogP contribution < -0.4 is 4.74 Å². The third-order valence-corrected chi connectivity index (χ3v) is 7.99. The average molecular weight is 589 g/mol. The first-order valence-electron chi connectivity index (χ1n) is 13.5. The number of alkyl halides is 3. The lowest BCUT2D eigenvalue weighted by Crippen LogP contribution is -2.41. The Morgan fingerprint density at radius 2 is 2.00 bits per heavy atom. The molecule has 1 aliphatic heterocycles. The van der Waals surface area contributed by atoms with Crippen LogP contribution in [0.3, 0.4) is 0 Å². The van der Waals surface area contributed by atoms with E-state index in [0.717, 1.165) is 41.9 Å². The monoisotopic (exact) mass is 588 g/mol. The average Bonchev–Trinajstić information content (AvgIpc) is 2.94. The summed E-state index contributed by atoms with van der Waals surface area (Å²) in [6.45, 7) is 1.71. The fourth-order valence-corrected chi connectivity index (χ4v) is 5.71. The van der Waals surface area contributed by atoms with Crippen molar-refractivity contribution in [1.29, 1.82) is 0 Å². The second-order valence-corrected chi connectivity index (χ2v) is 10.8. The predicted octanol–water partition coefficient (Wildman–Crippen LogP) is 6.58. The van der Waals surface area contributed by atoms with Crippen LogP contribution in [0.4, 0.5) is 13.2 Å². The zero-order valence-electron chi connectivity index (χ0n) is 22.6. The van der Waals surface area contributed by atoms with E-state index in [9.17, 15) is 28.2 Å². The number of ether oxygens (including phenoxy) is 1. The van der Waals surface area contributed by atoms with Crippen LogP contribution in [0.5, 0.6) is 5.75 Å². The zero-order valence-corrected chi connectivity index (χ0v) is 23.4. The molecule has 10 heteroatoms. The lowest BCUT2D eigenvalue weighted by molar-refractivity contribution is -0.138. The Bertz CT molecular complexity index is 1440. The molecule has 1 aliphatic rings.